The maximum Gasteiger partial charge on any atom is 0.249 e. The smallest absolute Gasteiger partial charge is 0.249 e. The van der Waals surface area contributed by atoms with Crippen LogP contribution in [-0.4, -0.2) is 17.3 Å². The Labute approximate surface area is 116 Å². The molecule has 2 N–H and O–H groups in total. The molecule has 19 heavy (non-hydrogen) atoms. The van der Waals surface area contributed by atoms with Gasteiger partial charge in [0, 0.05) is 12.0 Å². The normalized spacial score (nSPS) is 13.7. The third-order valence-electron chi connectivity index (χ3n) is 3.50. The minimum absolute atomic E-state index is 0.371. The van der Waals surface area contributed by atoms with Gasteiger partial charge in [0.15, 0.2) is 0 Å². The van der Waals surface area contributed by atoms with Crippen molar-refractivity contribution in [1.82, 2.24) is 10.1 Å². The average Bonchev–Trinajstić information content (AvgIpc) is 3.13. The molecule has 0 bridgehead atoms. The van der Waals surface area contributed by atoms with Gasteiger partial charge in [-0.1, -0.05) is 25.1 Å². The fraction of sp³-hybridized carbons (Fsp3) is 0.538. The summed E-state index contributed by atoms with van der Waals surface area (Å²) in [6, 6.07) is 3.54. The molecular weight excluding hydrogens is 262 g/mol. The summed E-state index contributed by atoms with van der Waals surface area (Å²) in [6.45, 7) is 4.09. The van der Waals surface area contributed by atoms with Gasteiger partial charge in [-0.15, -0.1) is 11.3 Å². The van der Waals surface area contributed by atoms with Crippen LogP contribution in [0.1, 0.15) is 49.3 Å². The molecule has 0 aliphatic carbocycles. The lowest BCUT2D eigenvalue weighted by molar-refractivity contribution is -0.0306. The molecule has 2 heterocycles. The quantitative estimate of drug-likeness (QED) is 0.881. The number of aromatic nitrogens is 2. The van der Waals surface area contributed by atoms with Crippen molar-refractivity contribution in [3.63, 3.8) is 0 Å². The zero-order valence-corrected chi connectivity index (χ0v) is 12.2. The van der Waals surface area contributed by atoms with Gasteiger partial charge in [0.2, 0.25) is 11.7 Å². The van der Waals surface area contributed by atoms with Gasteiger partial charge in [-0.05, 0) is 24.3 Å². The first kappa shape index (κ1) is 14.2. The van der Waals surface area contributed by atoms with Crippen molar-refractivity contribution in [2.75, 3.05) is 7.11 Å². The van der Waals surface area contributed by atoms with Gasteiger partial charge >= 0.3 is 0 Å². The molecule has 2 aromatic heterocycles. The molecular formula is C13H19N3O2S. The third kappa shape index (κ3) is 2.56. The molecule has 2 rings (SSSR count). The summed E-state index contributed by atoms with van der Waals surface area (Å²) >= 11 is 1.58. The Morgan fingerprint density at radius 2 is 2.21 bits per heavy atom. The summed E-state index contributed by atoms with van der Waals surface area (Å²) in [4.78, 5) is 5.44. The Kier molecular flexibility index (Phi) is 4.34. The van der Waals surface area contributed by atoms with E-state index in [0.717, 1.165) is 17.7 Å². The monoisotopic (exact) mass is 281 g/mol. The topological polar surface area (TPSA) is 74.2 Å². The van der Waals surface area contributed by atoms with Crippen molar-refractivity contribution in [3.05, 3.63) is 34.1 Å². The lowest BCUT2D eigenvalue weighted by Crippen LogP contribution is -2.28. The van der Waals surface area contributed by atoms with Crippen LogP contribution >= 0.6 is 11.3 Å². The molecule has 0 saturated heterocycles. The second-order valence-corrected chi connectivity index (χ2v) is 5.33. The fourth-order valence-electron chi connectivity index (χ4n) is 2.08. The number of rotatable bonds is 6. The Morgan fingerprint density at radius 3 is 2.74 bits per heavy atom. The number of thiophene rings is 1. The third-order valence-corrected chi connectivity index (χ3v) is 4.45. The van der Waals surface area contributed by atoms with E-state index in [1.165, 1.54) is 0 Å². The highest BCUT2D eigenvalue weighted by atomic mass is 32.1. The van der Waals surface area contributed by atoms with Crippen LogP contribution < -0.4 is 5.73 Å². The van der Waals surface area contributed by atoms with Gasteiger partial charge < -0.3 is 15.0 Å². The molecule has 0 amide bonds. The van der Waals surface area contributed by atoms with Crippen molar-refractivity contribution in [2.45, 2.75) is 38.3 Å². The first-order valence-corrected chi connectivity index (χ1v) is 7.23. The molecule has 0 radical (unpaired) electrons. The Hall–Kier alpha value is -1.24. The van der Waals surface area contributed by atoms with Gasteiger partial charge in [-0.3, -0.25) is 0 Å². The molecule has 0 fully saturated rings. The number of nitrogens with two attached hydrogens (primary N) is 1. The van der Waals surface area contributed by atoms with E-state index in [9.17, 15) is 0 Å². The summed E-state index contributed by atoms with van der Waals surface area (Å²) in [7, 11) is 1.67. The summed E-state index contributed by atoms with van der Waals surface area (Å²) in [5.41, 5.74) is 5.63. The summed E-state index contributed by atoms with van der Waals surface area (Å²) < 4.78 is 10.9. The van der Waals surface area contributed by atoms with Gasteiger partial charge in [0.25, 0.3) is 0 Å². The Bertz CT molecular complexity index is 497. The number of hydrogen-bond donors (Lipinski definition) is 1. The van der Waals surface area contributed by atoms with Crippen LogP contribution in [0, 0.1) is 0 Å². The maximum atomic E-state index is 6.12. The molecule has 1 atom stereocenters. The summed E-state index contributed by atoms with van der Waals surface area (Å²) in [5, 5.41) is 6.02. The highest BCUT2D eigenvalue weighted by Crippen LogP contribution is 2.31. The minimum Gasteiger partial charge on any atom is -0.370 e. The molecule has 0 saturated carbocycles. The second kappa shape index (κ2) is 5.81. The molecule has 6 heteroatoms. The van der Waals surface area contributed by atoms with Crippen LogP contribution in [0.5, 0.6) is 0 Å². The van der Waals surface area contributed by atoms with Crippen molar-refractivity contribution in [1.29, 1.82) is 0 Å². The molecule has 2 aromatic rings. The van der Waals surface area contributed by atoms with E-state index in [1.807, 2.05) is 31.4 Å². The van der Waals surface area contributed by atoms with Crippen LogP contribution in [-0.2, 0) is 10.3 Å². The van der Waals surface area contributed by atoms with E-state index >= 15 is 0 Å². The zero-order valence-electron chi connectivity index (χ0n) is 11.4. The number of hydrogen-bond acceptors (Lipinski definition) is 6. The molecule has 0 aliphatic heterocycles. The number of nitrogens with zero attached hydrogens (tertiary/aromatic N) is 2. The van der Waals surface area contributed by atoms with Gasteiger partial charge in [-0.25, -0.2) is 0 Å². The lowest BCUT2D eigenvalue weighted by Gasteiger charge is -2.25. The highest BCUT2D eigenvalue weighted by molar-refractivity contribution is 7.10. The summed E-state index contributed by atoms with van der Waals surface area (Å²) in [5.74, 6) is 1.00. The molecule has 0 aromatic carbocycles. The summed E-state index contributed by atoms with van der Waals surface area (Å²) in [6.07, 6.45) is 1.57. The van der Waals surface area contributed by atoms with Crippen LogP contribution in [0.2, 0.25) is 0 Å². The van der Waals surface area contributed by atoms with E-state index in [-0.39, 0.29) is 6.04 Å². The average molecular weight is 281 g/mol. The van der Waals surface area contributed by atoms with Gasteiger partial charge in [0.1, 0.15) is 11.6 Å². The Morgan fingerprint density at radius 1 is 1.47 bits per heavy atom. The van der Waals surface area contributed by atoms with Crippen molar-refractivity contribution >= 4 is 11.3 Å². The van der Waals surface area contributed by atoms with Gasteiger partial charge in [-0.2, -0.15) is 4.98 Å². The van der Waals surface area contributed by atoms with Gasteiger partial charge in [0.05, 0.1) is 0 Å². The van der Waals surface area contributed by atoms with Crippen LogP contribution in [0.3, 0.4) is 0 Å². The number of ether oxygens (including phenoxy) is 1. The first-order valence-electron chi connectivity index (χ1n) is 6.35. The van der Waals surface area contributed by atoms with Crippen LogP contribution in [0.15, 0.2) is 22.0 Å². The predicted molar refractivity (Wildman–Crippen MR) is 73.9 cm³/mol. The van der Waals surface area contributed by atoms with Crippen molar-refractivity contribution in [3.8, 4) is 0 Å². The molecule has 1 unspecified atom stereocenters. The maximum absolute atomic E-state index is 6.12. The van der Waals surface area contributed by atoms with Crippen LogP contribution in [0.25, 0.3) is 0 Å². The minimum atomic E-state index is -0.489. The number of methoxy groups -OCH3 is 1. The first-order chi connectivity index (χ1) is 9.16. The molecule has 104 valence electrons. The van der Waals surface area contributed by atoms with E-state index in [1.54, 1.807) is 18.4 Å². The largest absolute Gasteiger partial charge is 0.370 e. The predicted octanol–water partition coefficient (Wildman–Crippen LogP) is 2.84. The van der Waals surface area contributed by atoms with Crippen molar-refractivity contribution < 1.29 is 9.26 Å². The SMILES string of the molecule is CCC(CC)(OC)c1noc(C(N)c2cccs2)n1. The fourth-order valence-corrected chi connectivity index (χ4v) is 2.80. The van der Waals surface area contributed by atoms with E-state index < -0.39 is 5.60 Å². The van der Waals surface area contributed by atoms with E-state index in [2.05, 4.69) is 10.1 Å². The van der Waals surface area contributed by atoms with E-state index in [4.69, 9.17) is 15.0 Å². The second-order valence-electron chi connectivity index (χ2n) is 4.35. The molecule has 0 aliphatic rings. The highest BCUT2D eigenvalue weighted by Gasteiger charge is 2.34. The van der Waals surface area contributed by atoms with Crippen molar-refractivity contribution in [2.24, 2.45) is 5.73 Å². The Balaban J connectivity index is 2.28. The van der Waals surface area contributed by atoms with Crippen LogP contribution in [0.4, 0.5) is 0 Å². The standard InChI is InChI=1S/C13H19N3O2S/c1-4-13(5-2,17-3)12-15-11(18-16-12)10(14)9-7-6-8-19-9/h6-8,10H,4-5,14H2,1-3H3. The van der Waals surface area contributed by atoms with E-state index in [0.29, 0.717) is 11.7 Å². The zero-order chi connectivity index (χ0) is 13.9. The molecule has 0 spiro atoms. The molecule has 5 nitrogen and oxygen atoms in total. The lowest BCUT2D eigenvalue weighted by atomic mass is 9.96.